The van der Waals surface area contributed by atoms with Gasteiger partial charge in [0.1, 0.15) is 0 Å². The number of nitrogens with zero attached hydrogens (tertiary/aromatic N) is 3. The minimum atomic E-state index is -0.260. The van der Waals surface area contributed by atoms with Gasteiger partial charge in [-0.3, -0.25) is 14.7 Å². The largest absolute Gasteiger partial charge is 0.341 e. The van der Waals surface area contributed by atoms with E-state index in [0.29, 0.717) is 31.6 Å². The molecule has 1 aliphatic heterocycles. The van der Waals surface area contributed by atoms with Gasteiger partial charge in [0.2, 0.25) is 5.91 Å². The third-order valence-corrected chi connectivity index (χ3v) is 6.72. The van der Waals surface area contributed by atoms with Gasteiger partial charge in [0, 0.05) is 36.8 Å². The van der Waals surface area contributed by atoms with Crippen LogP contribution in [0.25, 0.3) is 10.4 Å². The highest BCUT2D eigenvalue weighted by Crippen LogP contribution is 2.27. The Morgan fingerprint density at radius 3 is 2.84 bits per heavy atom. The molecule has 0 saturated carbocycles. The summed E-state index contributed by atoms with van der Waals surface area (Å²) >= 11 is 1.71. The summed E-state index contributed by atoms with van der Waals surface area (Å²) in [4.78, 5) is 31.5. The van der Waals surface area contributed by atoms with Crippen molar-refractivity contribution in [3.05, 3.63) is 64.8 Å². The van der Waals surface area contributed by atoms with Crippen LogP contribution in [-0.2, 0) is 11.2 Å². The van der Waals surface area contributed by atoms with E-state index in [1.54, 1.807) is 17.5 Å². The maximum atomic E-state index is 13.3. The molecule has 4 rings (SSSR count). The molecule has 7 heteroatoms. The van der Waals surface area contributed by atoms with Crippen molar-refractivity contribution >= 4 is 23.2 Å². The van der Waals surface area contributed by atoms with Crippen LogP contribution in [0.3, 0.4) is 0 Å². The summed E-state index contributed by atoms with van der Waals surface area (Å²) in [7, 11) is 0. The molecule has 2 amide bonds. The minimum absolute atomic E-state index is 0.0604. The summed E-state index contributed by atoms with van der Waals surface area (Å²) in [5, 5.41) is 8.90. The van der Waals surface area contributed by atoms with Crippen LogP contribution in [0, 0.1) is 12.8 Å². The molecule has 0 aliphatic carbocycles. The molecule has 0 radical (unpaired) electrons. The van der Waals surface area contributed by atoms with Crippen molar-refractivity contribution in [1.29, 1.82) is 0 Å². The van der Waals surface area contributed by atoms with Gasteiger partial charge in [-0.1, -0.05) is 37.3 Å². The number of aromatic nitrogens is 2. The second kappa shape index (κ2) is 9.47. The predicted octanol–water partition coefficient (Wildman–Crippen LogP) is 4.00. The van der Waals surface area contributed by atoms with Crippen LogP contribution in [0.4, 0.5) is 0 Å². The number of H-pyrrole nitrogens is 1. The Morgan fingerprint density at radius 2 is 2.13 bits per heavy atom. The number of hydrogen-bond acceptors (Lipinski definition) is 4. The van der Waals surface area contributed by atoms with Gasteiger partial charge in [0.25, 0.3) is 5.91 Å². The molecule has 162 valence electrons. The van der Waals surface area contributed by atoms with Crippen molar-refractivity contribution in [3.63, 3.8) is 0 Å². The van der Waals surface area contributed by atoms with Crippen LogP contribution in [0.15, 0.2) is 48.0 Å². The third kappa shape index (κ3) is 4.71. The molecule has 1 aromatic carbocycles. The van der Waals surface area contributed by atoms with E-state index in [9.17, 15) is 9.59 Å². The van der Waals surface area contributed by atoms with Crippen molar-refractivity contribution in [2.45, 2.75) is 26.7 Å². The Morgan fingerprint density at radius 1 is 1.26 bits per heavy atom. The predicted molar refractivity (Wildman–Crippen MR) is 123 cm³/mol. The van der Waals surface area contributed by atoms with Crippen molar-refractivity contribution in [2.24, 2.45) is 5.92 Å². The van der Waals surface area contributed by atoms with Gasteiger partial charge in [-0.25, -0.2) is 0 Å². The number of hydrogen-bond donors (Lipinski definition) is 1. The molecule has 31 heavy (non-hydrogen) atoms. The standard InChI is InChI=1S/C24H28N4O2S/c1-3-9-27-10-11-28(24(30)21-15-25-26-17(21)2)16-20(23(27)29)14-18-6-4-7-19(13-18)22-8-5-12-31-22/h4-8,12-13,15,20H,3,9-11,14,16H2,1-2H3,(H,25,26)/t20-/m1/s1. The second-order valence-electron chi connectivity index (χ2n) is 8.06. The molecule has 6 nitrogen and oxygen atoms in total. The van der Waals surface area contributed by atoms with Gasteiger partial charge in [-0.2, -0.15) is 5.10 Å². The van der Waals surface area contributed by atoms with E-state index in [1.807, 2.05) is 28.9 Å². The summed E-state index contributed by atoms with van der Waals surface area (Å²) in [6.45, 7) is 6.18. The molecule has 3 aromatic rings. The second-order valence-corrected chi connectivity index (χ2v) is 9.01. The number of nitrogens with one attached hydrogen (secondary N) is 1. The zero-order valence-corrected chi connectivity index (χ0v) is 18.8. The Balaban J connectivity index is 1.58. The average Bonchev–Trinajstić information content (AvgIpc) is 3.43. The summed E-state index contributed by atoms with van der Waals surface area (Å²) < 4.78 is 0. The number of aromatic amines is 1. The van der Waals surface area contributed by atoms with Gasteiger partial charge in [0.15, 0.2) is 0 Å². The molecule has 2 aromatic heterocycles. The van der Waals surface area contributed by atoms with Gasteiger partial charge in [-0.15, -0.1) is 11.3 Å². The number of benzene rings is 1. The van der Waals surface area contributed by atoms with E-state index in [4.69, 9.17) is 0 Å². The lowest BCUT2D eigenvalue weighted by atomic mass is 9.96. The summed E-state index contributed by atoms with van der Waals surface area (Å²) in [6, 6.07) is 12.5. The minimum Gasteiger partial charge on any atom is -0.341 e. The maximum absolute atomic E-state index is 13.3. The first kappa shape index (κ1) is 21.3. The average molecular weight is 437 g/mol. The fourth-order valence-electron chi connectivity index (χ4n) is 4.19. The Bertz CT molecular complexity index is 1040. The van der Waals surface area contributed by atoms with E-state index >= 15 is 0 Å². The molecule has 0 spiro atoms. The number of amides is 2. The lowest BCUT2D eigenvalue weighted by molar-refractivity contribution is -0.134. The lowest BCUT2D eigenvalue weighted by Gasteiger charge is -2.24. The van der Waals surface area contributed by atoms with Gasteiger partial charge in [0.05, 0.1) is 17.7 Å². The van der Waals surface area contributed by atoms with Crippen molar-refractivity contribution in [3.8, 4) is 10.4 Å². The highest BCUT2D eigenvalue weighted by molar-refractivity contribution is 7.13. The van der Waals surface area contributed by atoms with E-state index in [1.165, 1.54) is 10.4 Å². The van der Waals surface area contributed by atoms with Crippen molar-refractivity contribution in [1.82, 2.24) is 20.0 Å². The normalized spacial score (nSPS) is 17.1. The summed E-state index contributed by atoms with van der Waals surface area (Å²) in [6.07, 6.45) is 3.10. The van der Waals surface area contributed by atoms with Crippen LogP contribution in [-0.4, -0.2) is 58.0 Å². The summed E-state index contributed by atoms with van der Waals surface area (Å²) in [5.74, 6) is -0.180. The Hall–Kier alpha value is -2.93. The van der Waals surface area contributed by atoms with Gasteiger partial charge < -0.3 is 9.80 Å². The fourth-order valence-corrected chi connectivity index (χ4v) is 4.91. The molecule has 3 heterocycles. The van der Waals surface area contributed by atoms with Gasteiger partial charge in [-0.05, 0) is 42.3 Å². The smallest absolute Gasteiger partial charge is 0.257 e. The first-order valence-electron chi connectivity index (χ1n) is 10.8. The van der Waals surface area contributed by atoms with Crippen molar-refractivity contribution in [2.75, 3.05) is 26.2 Å². The third-order valence-electron chi connectivity index (χ3n) is 5.80. The number of carbonyl (C=O) groups is 2. The molecule has 0 bridgehead atoms. The zero-order valence-electron chi connectivity index (χ0n) is 18.0. The number of aryl methyl sites for hydroxylation is 1. The SMILES string of the molecule is CCCN1CCN(C(=O)c2cn[nH]c2C)C[C@@H](Cc2cccc(-c3cccs3)c2)C1=O. The number of carbonyl (C=O) groups excluding carboxylic acids is 2. The molecular weight excluding hydrogens is 408 g/mol. The number of rotatable bonds is 6. The quantitative estimate of drug-likeness (QED) is 0.635. The van der Waals surface area contributed by atoms with E-state index in [-0.39, 0.29) is 17.7 Å². The van der Waals surface area contributed by atoms with E-state index in [0.717, 1.165) is 24.2 Å². The number of thiophene rings is 1. The molecule has 1 fully saturated rings. The maximum Gasteiger partial charge on any atom is 0.257 e. The first-order chi connectivity index (χ1) is 15.1. The monoisotopic (exact) mass is 436 g/mol. The Kier molecular flexibility index (Phi) is 6.51. The zero-order chi connectivity index (χ0) is 21.8. The van der Waals surface area contributed by atoms with Crippen LogP contribution in [0.1, 0.15) is 35.0 Å². The van der Waals surface area contributed by atoms with Crippen LogP contribution >= 0.6 is 11.3 Å². The Labute approximate surface area is 186 Å². The summed E-state index contributed by atoms with van der Waals surface area (Å²) in [5.41, 5.74) is 3.62. The van der Waals surface area contributed by atoms with E-state index in [2.05, 4.69) is 46.8 Å². The fraction of sp³-hybridized carbons (Fsp3) is 0.375. The molecule has 1 atom stereocenters. The van der Waals surface area contributed by atoms with Crippen LogP contribution in [0.5, 0.6) is 0 Å². The molecule has 1 N–H and O–H groups in total. The molecular formula is C24H28N4O2S. The highest BCUT2D eigenvalue weighted by Gasteiger charge is 2.33. The molecule has 1 aliphatic rings. The highest BCUT2D eigenvalue weighted by atomic mass is 32.1. The van der Waals surface area contributed by atoms with E-state index < -0.39 is 0 Å². The topological polar surface area (TPSA) is 69.3 Å². The lowest BCUT2D eigenvalue weighted by Crippen LogP contribution is -2.38. The first-order valence-corrected chi connectivity index (χ1v) is 11.7. The van der Waals surface area contributed by atoms with Crippen LogP contribution < -0.4 is 0 Å². The molecule has 0 unspecified atom stereocenters. The van der Waals surface area contributed by atoms with Gasteiger partial charge >= 0.3 is 0 Å². The van der Waals surface area contributed by atoms with Crippen LogP contribution in [0.2, 0.25) is 0 Å². The molecule has 1 saturated heterocycles. The van der Waals surface area contributed by atoms with Crippen molar-refractivity contribution < 1.29 is 9.59 Å².